The molecule has 0 bridgehead atoms. The van der Waals surface area contributed by atoms with Crippen molar-refractivity contribution in [3.8, 4) is 5.75 Å². The third-order valence-corrected chi connectivity index (χ3v) is 7.46. The molecule has 0 aliphatic carbocycles. The van der Waals surface area contributed by atoms with Crippen molar-refractivity contribution in [2.75, 3.05) is 19.7 Å². The lowest BCUT2D eigenvalue weighted by atomic mass is 10.1. The number of azide groups is 1. The Hall–Kier alpha value is -5.38. The zero-order valence-corrected chi connectivity index (χ0v) is 37.4. The Morgan fingerprint density at radius 1 is 0.617 bits per heavy atom. The molecule has 0 saturated heterocycles. The van der Waals surface area contributed by atoms with Gasteiger partial charge in [0.05, 0.1) is 6.54 Å². The first-order valence-corrected chi connectivity index (χ1v) is 20.1. The van der Waals surface area contributed by atoms with Crippen LogP contribution in [0.4, 0.5) is 0 Å². The Morgan fingerprint density at radius 3 is 1.45 bits per heavy atom. The van der Waals surface area contributed by atoms with Crippen LogP contribution in [-0.2, 0) is 42.9 Å². The number of nitrogens with one attached hydrogen (secondary N) is 3. The van der Waals surface area contributed by atoms with Crippen LogP contribution < -0.4 is 20.7 Å². The van der Waals surface area contributed by atoms with Crippen LogP contribution in [0.3, 0.4) is 0 Å². The number of benzene rings is 1. The number of nitrogens with zero attached hydrogens (tertiary/aromatic N) is 3. The fraction of sp³-hybridized carbons (Fsp3) is 0.690. The third kappa shape index (κ3) is 24.5. The second-order valence-corrected chi connectivity index (χ2v) is 18.1. The maximum absolute atomic E-state index is 13.9. The molecule has 0 spiro atoms. The minimum Gasteiger partial charge on any atom is -0.492 e. The molecule has 18 nitrogen and oxygen atoms in total. The Balaban J connectivity index is 3.46. The first kappa shape index (κ1) is 52.6. The van der Waals surface area contributed by atoms with E-state index in [1.807, 2.05) is 0 Å². The van der Waals surface area contributed by atoms with Crippen LogP contribution in [0, 0.1) is 0 Å². The minimum absolute atomic E-state index is 0.0326. The highest BCUT2D eigenvalue weighted by Crippen LogP contribution is 2.21. The van der Waals surface area contributed by atoms with Crippen LogP contribution in [-0.4, -0.2) is 95.8 Å². The molecule has 336 valence electrons. The molecule has 0 radical (unpaired) electrons. The average molecular weight is 847 g/mol. The largest absolute Gasteiger partial charge is 0.492 e. The summed E-state index contributed by atoms with van der Waals surface area (Å²) in [6.45, 7) is 20.5. The molecule has 0 heterocycles. The van der Waals surface area contributed by atoms with E-state index in [0.29, 0.717) is 25.8 Å². The van der Waals surface area contributed by atoms with Gasteiger partial charge >= 0.3 is 23.9 Å². The molecule has 60 heavy (non-hydrogen) atoms. The molecular formula is C42H66N6O12. The predicted octanol–water partition coefficient (Wildman–Crippen LogP) is 6.18. The average Bonchev–Trinajstić information content (AvgIpc) is 3.08. The van der Waals surface area contributed by atoms with E-state index < -0.39 is 70.2 Å². The van der Waals surface area contributed by atoms with E-state index in [-0.39, 0.29) is 68.0 Å². The van der Waals surface area contributed by atoms with E-state index in [1.165, 1.54) is 18.2 Å². The first-order valence-electron chi connectivity index (χ1n) is 20.1. The lowest BCUT2D eigenvalue weighted by Crippen LogP contribution is -2.45. The highest BCUT2D eigenvalue weighted by molar-refractivity contribution is 6.02. The van der Waals surface area contributed by atoms with Gasteiger partial charge in [-0.3, -0.25) is 24.0 Å². The SMILES string of the molecule is CC(C)(C)OC(=O)CCC(NC(=O)c1cc(OCCNC(=O)CCCCCN=[N+]=[N-])cc(C(=O)NC(CCC(=O)OC(C)(C)C)C(=O)OC(C)(C)C)c1)C(=O)OC(C)(C)C. The van der Waals surface area contributed by atoms with Crippen molar-refractivity contribution in [1.29, 1.82) is 0 Å². The van der Waals surface area contributed by atoms with Gasteiger partial charge in [0.25, 0.3) is 11.8 Å². The van der Waals surface area contributed by atoms with E-state index in [0.717, 1.165) is 0 Å². The van der Waals surface area contributed by atoms with E-state index in [9.17, 15) is 33.6 Å². The van der Waals surface area contributed by atoms with Crippen LogP contribution in [0.25, 0.3) is 10.4 Å². The molecule has 3 amide bonds. The zero-order chi connectivity index (χ0) is 45.9. The molecule has 1 aromatic rings. The summed E-state index contributed by atoms with van der Waals surface area (Å²) in [4.78, 5) is 94.5. The molecule has 0 saturated carbocycles. The number of esters is 4. The van der Waals surface area contributed by atoms with Crippen LogP contribution in [0.5, 0.6) is 5.75 Å². The Labute approximate surface area is 353 Å². The van der Waals surface area contributed by atoms with Gasteiger partial charge in [0, 0.05) is 41.8 Å². The standard InChI is InChI=1S/C42H66N6O12/c1-39(2,3)57-33(50)19-17-30(37(54)59-41(7,8)9)46-35(52)27-24-28(26-29(25-27)56-23-22-44-32(49)16-14-13-15-21-45-48-43)36(53)47-31(38(55)60-42(10,11)12)18-20-34(51)58-40(4,5)6/h24-26,30-31H,13-23H2,1-12H3,(H,44,49)(H,46,52)(H,47,53). The van der Waals surface area contributed by atoms with E-state index in [2.05, 4.69) is 26.0 Å². The molecule has 18 heteroatoms. The second-order valence-electron chi connectivity index (χ2n) is 18.1. The Kier molecular flexibility index (Phi) is 21.1. The summed E-state index contributed by atoms with van der Waals surface area (Å²) in [7, 11) is 0. The van der Waals surface area contributed by atoms with Gasteiger partial charge in [0.2, 0.25) is 5.91 Å². The van der Waals surface area contributed by atoms with Crippen molar-refractivity contribution in [2.45, 2.75) is 169 Å². The molecule has 0 aliphatic heterocycles. The van der Waals surface area contributed by atoms with Crippen molar-refractivity contribution in [3.05, 3.63) is 39.8 Å². The van der Waals surface area contributed by atoms with Crippen molar-refractivity contribution < 1.29 is 57.2 Å². The summed E-state index contributed by atoms with van der Waals surface area (Å²) in [5.41, 5.74) is 4.70. The number of rotatable bonds is 22. The Morgan fingerprint density at radius 2 is 1.05 bits per heavy atom. The number of ether oxygens (including phenoxy) is 5. The monoisotopic (exact) mass is 846 g/mol. The smallest absolute Gasteiger partial charge is 0.329 e. The van der Waals surface area contributed by atoms with E-state index >= 15 is 0 Å². The van der Waals surface area contributed by atoms with E-state index in [4.69, 9.17) is 29.2 Å². The lowest BCUT2D eigenvalue weighted by Gasteiger charge is -2.25. The van der Waals surface area contributed by atoms with Gasteiger partial charge in [-0.05, 0) is 132 Å². The summed E-state index contributed by atoms with van der Waals surface area (Å²) in [6.07, 6.45) is 1.41. The van der Waals surface area contributed by atoms with Gasteiger partial charge in [-0.1, -0.05) is 11.5 Å². The number of amides is 3. The number of unbranched alkanes of at least 4 members (excludes halogenated alkanes) is 2. The molecule has 0 aromatic heterocycles. The maximum atomic E-state index is 13.9. The number of hydrogen-bond donors (Lipinski definition) is 3. The molecule has 1 aromatic carbocycles. The van der Waals surface area contributed by atoms with E-state index in [1.54, 1.807) is 83.1 Å². The molecule has 1 rings (SSSR count). The summed E-state index contributed by atoms with van der Waals surface area (Å²) in [6, 6.07) is 1.27. The van der Waals surface area contributed by atoms with Crippen molar-refractivity contribution >= 4 is 41.6 Å². The third-order valence-electron chi connectivity index (χ3n) is 7.46. The fourth-order valence-electron chi connectivity index (χ4n) is 5.12. The fourth-order valence-corrected chi connectivity index (χ4v) is 5.12. The molecule has 2 atom stereocenters. The Bertz CT molecular complexity index is 1600. The first-order chi connectivity index (χ1) is 27.6. The van der Waals surface area contributed by atoms with Gasteiger partial charge in [-0.2, -0.15) is 0 Å². The zero-order valence-electron chi connectivity index (χ0n) is 37.4. The highest BCUT2D eigenvalue weighted by atomic mass is 16.6. The quantitative estimate of drug-likeness (QED) is 0.0296. The minimum atomic E-state index is -1.30. The molecule has 3 N–H and O–H groups in total. The normalized spacial score (nSPS) is 12.7. The van der Waals surface area contributed by atoms with Crippen molar-refractivity contribution in [3.63, 3.8) is 0 Å². The van der Waals surface area contributed by atoms with Crippen molar-refractivity contribution in [2.24, 2.45) is 5.11 Å². The summed E-state index contributed by atoms with van der Waals surface area (Å²) < 4.78 is 27.7. The molecule has 0 fully saturated rings. The molecule has 0 aliphatic rings. The summed E-state index contributed by atoms with van der Waals surface area (Å²) >= 11 is 0. The predicted molar refractivity (Wildman–Crippen MR) is 222 cm³/mol. The van der Waals surface area contributed by atoms with Crippen LogP contribution in [0.2, 0.25) is 0 Å². The maximum Gasteiger partial charge on any atom is 0.329 e. The van der Waals surface area contributed by atoms with Crippen molar-refractivity contribution in [1.82, 2.24) is 16.0 Å². The van der Waals surface area contributed by atoms with Gasteiger partial charge in [-0.15, -0.1) is 0 Å². The van der Waals surface area contributed by atoms with Gasteiger partial charge in [0.15, 0.2) is 0 Å². The molecule has 2 unspecified atom stereocenters. The highest BCUT2D eigenvalue weighted by Gasteiger charge is 2.31. The van der Waals surface area contributed by atoms with Crippen LogP contribution in [0.1, 0.15) is 155 Å². The lowest BCUT2D eigenvalue weighted by molar-refractivity contribution is -0.160. The topological polar surface area (TPSA) is 250 Å². The molecular weight excluding hydrogens is 780 g/mol. The summed E-state index contributed by atoms with van der Waals surface area (Å²) in [5.74, 6) is -4.64. The van der Waals surface area contributed by atoms with Crippen LogP contribution in [0.15, 0.2) is 23.3 Å². The van der Waals surface area contributed by atoms with Crippen LogP contribution >= 0.6 is 0 Å². The summed E-state index contributed by atoms with van der Waals surface area (Å²) in [5, 5.41) is 11.4. The van der Waals surface area contributed by atoms with Gasteiger partial charge < -0.3 is 39.6 Å². The number of hydrogen-bond acceptors (Lipinski definition) is 13. The second kappa shape index (κ2) is 24.0. The number of carbonyl (C=O) groups excluding carboxylic acids is 7. The number of carbonyl (C=O) groups is 7. The van der Waals surface area contributed by atoms with Gasteiger partial charge in [0.1, 0.15) is 46.8 Å². The van der Waals surface area contributed by atoms with Gasteiger partial charge in [-0.25, -0.2) is 9.59 Å².